The van der Waals surface area contributed by atoms with Gasteiger partial charge in [0, 0.05) is 66.5 Å². The zero-order valence-corrected chi connectivity index (χ0v) is 38.4. The van der Waals surface area contributed by atoms with E-state index in [4.69, 9.17) is 9.72 Å². The summed E-state index contributed by atoms with van der Waals surface area (Å²) in [6.45, 7) is 20.2. The SMILES string of the molecule is CC(C)(C)C1=CN(c2[c-]c(Oc3[c-]c4c(cc3)c3cc(-c5ccccc5)ccc3n4-c3cc(C(C)(C)C)ccn3)ccc2)[CH-]N1c1cccc(C(C)(C)c2ccccc2)c1.[Pt]. The van der Waals surface area contributed by atoms with Gasteiger partial charge in [-0.05, 0) is 75.2 Å². The van der Waals surface area contributed by atoms with E-state index in [9.17, 15) is 0 Å². The molecule has 3 heterocycles. The molecule has 0 amide bonds. The maximum absolute atomic E-state index is 6.63. The maximum Gasteiger partial charge on any atom is 0.135 e. The quantitative estimate of drug-likeness (QED) is 0.142. The molecule has 2 aromatic heterocycles. The third kappa shape index (κ3) is 8.17. The molecule has 310 valence electrons. The van der Waals surface area contributed by atoms with Crippen molar-refractivity contribution in [2.24, 2.45) is 5.41 Å². The second-order valence-corrected chi connectivity index (χ2v) is 18.4. The zero-order chi connectivity index (χ0) is 41.8. The third-order valence-corrected chi connectivity index (χ3v) is 11.7. The minimum Gasteiger partial charge on any atom is -0.509 e. The number of aromatic nitrogens is 2. The monoisotopic (exact) mass is 978 g/mol. The van der Waals surface area contributed by atoms with E-state index in [0.717, 1.165) is 44.6 Å². The summed E-state index contributed by atoms with van der Waals surface area (Å²) >= 11 is 0. The number of hydrogen-bond acceptors (Lipinski definition) is 4. The summed E-state index contributed by atoms with van der Waals surface area (Å²) < 4.78 is 8.84. The van der Waals surface area contributed by atoms with Gasteiger partial charge in [-0.1, -0.05) is 146 Å². The van der Waals surface area contributed by atoms with Crippen molar-refractivity contribution < 1.29 is 25.8 Å². The Labute approximate surface area is 375 Å². The standard InChI is InChI=1S/C55H51N4O.Pt/c1-53(2,3)41-29-30-56-52(33-41)59-49-28-25-39(38-17-11-9-12-18-38)31-48(49)47-27-26-46(35-50(47)59)60-45-24-16-22-43(34-45)57-36-51(54(4,5)6)58(37-57)44-23-15-21-42(32-44)55(7,8)40-19-13-10-14-20-40;/h9-33,36-37H,1-8H3;/q-3;. The molecule has 1 aliphatic heterocycles. The molecule has 5 nitrogen and oxygen atoms in total. The van der Waals surface area contributed by atoms with Gasteiger partial charge in [-0.25, -0.2) is 4.98 Å². The number of hydrogen-bond donors (Lipinski definition) is 0. The van der Waals surface area contributed by atoms with Crippen LogP contribution in [-0.2, 0) is 31.9 Å². The first-order chi connectivity index (χ1) is 28.7. The Balaban J connectivity index is 0.00000514. The molecule has 0 fully saturated rings. The van der Waals surface area contributed by atoms with Crippen molar-refractivity contribution in [3.63, 3.8) is 0 Å². The van der Waals surface area contributed by atoms with Gasteiger partial charge >= 0.3 is 0 Å². The Morgan fingerprint density at radius 1 is 0.574 bits per heavy atom. The molecule has 9 rings (SSSR count). The smallest absolute Gasteiger partial charge is 0.135 e. The molecule has 0 saturated heterocycles. The number of benzene rings is 6. The van der Waals surface area contributed by atoms with E-state index >= 15 is 0 Å². The third-order valence-electron chi connectivity index (χ3n) is 11.7. The van der Waals surface area contributed by atoms with Gasteiger partial charge in [-0.15, -0.1) is 48.1 Å². The molecule has 0 spiro atoms. The molecular formula is C55H51N4OPt-3. The Kier molecular flexibility index (Phi) is 11.1. The first kappa shape index (κ1) is 41.8. The van der Waals surface area contributed by atoms with Gasteiger partial charge in [0.2, 0.25) is 0 Å². The van der Waals surface area contributed by atoms with Crippen molar-refractivity contribution >= 4 is 33.2 Å². The van der Waals surface area contributed by atoms with E-state index in [1.165, 1.54) is 28.0 Å². The van der Waals surface area contributed by atoms with Crippen LogP contribution in [-0.4, -0.2) is 9.55 Å². The molecule has 6 aromatic carbocycles. The molecule has 0 bridgehead atoms. The fourth-order valence-corrected chi connectivity index (χ4v) is 8.18. The topological polar surface area (TPSA) is 33.5 Å². The fraction of sp³-hybridized carbons (Fsp3) is 0.200. The van der Waals surface area contributed by atoms with E-state index in [0.29, 0.717) is 11.5 Å². The average molecular weight is 979 g/mol. The number of pyridine rings is 1. The summed E-state index contributed by atoms with van der Waals surface area (Å²) in [5.41, 5.74) is 10.9. The van der Waals surface area contributed by atoms with E-state index in [1.807, 2.05) is 24.4 Å². The zero-order valence-electron chi connectivity index (χ0n) is 36.1. The van der Waals surface area contributed by atoms with Gasteiger partial charge in [-0.2, -0.15) is 12.1 Å². The number of nitrogens with zero attached hydrogens (tertiary/aromatic N) is 4. The number of allylic oxidation sites excluding steroid dienone is 1. The summed E-state index contributed by atoms with van der Waals surface area (Å²) in [4.78, 5) is 9.35. The van der Waals surface area contributed by atoms with Crippen LogP contribution in [0.3, 0.4) is 0 Å². The molecule has 6 heteroatoms. The second kappa shape index (κ2) is 16.2. The Hall–Kier alpha value is -5.90. The van der Waals surface area contributed by atoms with Crippen LogP contribution in [0.25, 0.3) is 38.8 Å². The average Bonchev–Trinajstić information content (AvgIpc) is 3.85. The molecule has 8 aromatic rings. The molecule has 0 saturated carbocycles. The van der Waals surface area contributed by atoms with E-state index in [1.54, 1.807) is 0 Å². The van der Waals surface area contributed by atoms with Crippen LogP contribution in [0.2, 0.25) is 0 Å². The van der Waals surface area contributed by atoms with Gasteiger partial charge in [-0.3, -0.25) is 0 Å². The van der Waals surface area contributed by atoms with Gasteiger partial charge < -0.3 is 19.1 Å². The molecule has 0 unspecified atom stereocenters. The van der Waals surface area contributed by atoms with Crippen LogP contribution >= 0.6 is 0 Å². The number of ether oxygens (including phenoxy) is 1. The molecule has 0 aliphatic carbocycles. The van der Waals surface area contributed by atoms with Crippen LogP contribution in [0.4, 0.5) is 11.4 Å². The number of fused-ring (bicyclic) bond motifs is 3. The van der Waals surface area contributed by atoms with Crippen LogP contribution < -0.4 is 14.5 Å². The predicted octanol–water partition coefficient (Wildman–Crippen LogP) is 14.2. The Morgan fingerprint density at radius 2 is 1.28 bits per heavy atom. The van der Waals surface area contributed by atoms with Crippen molar-refractivity contribution in [3.05, 3.63) is 199 Å². The summed E-state index contributed by atoms with van der Waals surface area (Å²) in [5, 5.41) is 2.22. The van der Waals surface area contributed by atoms with E-state index in [2.05, 4.69) is 222 Å². The Morgan fingerprint density at radius 3 is 2.02 bits per heavy atom. The second-order valence-electron chi connectivity index (χ2n) is 18.4. The Bertz CT molecular complexity index is 2880. The summed E-state index contributed by atoms with van der Waals surface area (Å²) in [6, 6.07) is 58.5. The van der Waals surface area contributed by atoms with Gasteiger partial charge in [0.05, 0.1) is 0 Å². The largest absolute Gasteiger partial charge is 0.509 e. The molecule has 0 radical (unpaired) electrons. The van der Waals surface area contributed by atoms with E-state index < -0.39 is 0 Å². The van der Waals surface area contributed by atoms with Crippen LogP contribution in [0.1, 0.15) is 72.1 Å². The molecule has 61 heavy (non-hydrogen) atoms. The van der Waals surface area contributed by atoms with Crippen molar-refractivity contribution in [2.45, 2.75) is 66.2 Å². The molecular weight excluding hydrogens is 928 g/mol. The molecule has 0 N–H and O–H groups in total. The van der Waals surface area contributed by atoms with Gasteiger partial charge in [0.15, 0.2) is 0 Å². The van der Waals surface area contributed by atoms with Crippen molar-refractivity contribution in [1.29, 1.82) is 0 Å². The minimum absolute atomic E-state index is 0. The maximum atomic E-state index is 6.63. The van der Waals surface area contributed by atoms with Crippen LogP contribution in [0.15, 0.2) is 164 Å². The minimum atomic E-state index is -0.159. The van der Waals surface area contributed by atoms with Gasteiger partial charge in [0.1, 0.15) is 5.82 Å². The van der Waals surface area contributed by atoms with Crippen molar-refractivity contribution in [3.8, 4) is 28.4 Å². The first-order valence-corrected chi connectivity index (χ1v) is 20.8. The number of anilines is 2. The van der Waals surface area contributed by atoms with Crippen molar-refractivity contribution in [1.82, 2.24) is 9.55 Å². The van der Waals surface area contributed by atoms with Crippen LogP contribution in [0.5, 0.6) is 11.5 Å². The normalized spacial score (nSPS) is 13.4. The van der Waals surface area contributed by atoms with E-state index in [-0.39, 0.29) is 37.3 Å². The van der Waals surface area contributed by atoms with Crippen molar-refractivity contribution in [2.75, 3.05) is 9.80 Å². The summed E-state index contributed by atoms with van der Waals surface area (Å²) in [6.07, 6.45) is 4.12. The molecule has 1 aliphatic rings. The summed E-state index contributed by atoms with van der Waals surface area (Å²) in [5.74, 6) is 2.06. The fourth-order valence-electron chi connectivity index (χ4n) is 8.18. The van der Waals surface area contributed by atoms with Gasteiger partial charge in [0.25, 0.3) is 0 Å². The first-order valence-electron chi connectivity index (χ1n) is 20.8. The number of rotatable bonds is 8. The van der Waals surface area contributed by atoms with Crippen LogP contribution in [0, 0.1) is 24.2 Å². The predicted molar refractivity (Wildman–Crippen MR) is 249 cm³/mol. The molecule has 0 atom stereocenters. The summed E-state index contributed by atoms with van der Waals surface area (Å²) in [7, 11) is 0.